The fraction of sp³-hybridized carbons (Fsp3) is 0.158. The van der Waals surface area contributed by atoms with E-state index in [0.29, 0.717) is 17.8 Å². The lowest BCUT2D eigenvalue weighted by Crippen LogP contribution is -2.15. The Balaban J connectivity index is 2.21. The number of benzene rings is 2. The molecule has 0 amide bonds. The molecule has 160 valence electrons. The third-order valence-electron chi connectivity index (χ3n) is 3.55. The van der Waals surface area contributed by atoms with Crippen molar-refractivity contribution in [3.63, 3.8) is 0 Å². The van der Waals surface area contributed by atoms with Crippen molar-refractivity contribution in [1.82, 2.24) is 0 Å². The predicted octanol–water partition coefficient (Wildman–Crippen LogP) is 5.45. The van der Waals surface area contributed by atoms with Crippen LogP contribution in [-0.4, -0.2) is 26.2 Å². The zero-order valence-electron chi connectivity index (χ0n) is 15.5. The van der Waals surface area contributed by atoms with Crippen LogP contribution in [0.25, 0.3) is 0 Å². The molecule has 0 heterocycles. The zero-order chi connectivity index (χ0) is 22.5. The summed E-state index contributed by atoms with van der Waals surface area (Å²) in [5.74, 6) is -1.51. The van der Waals surface area contributed by atoms with Gasteiger partial charge >= 0.3 is 18.1 Å². The average molecular weight is 464 g/mol. The van der Waals surface area contributed by atoms with E-state index < -0.39 is 23.7 Å². The van der Waals surface area contributed by atoms with Gasteiger partial charge in [-0.05, 0) is 36.4 Å². The van der Waals surface area contributed by atoms with Gasteiger partial charge in [-0.2, -0.15) is 13.2 Å². The number of halogens is 5. The molecule has 2 rings (SSSR count). The first-order chi connectivity index (χ1) is 14.0. The molecule has 0 aliphatic heterocycles. The number of anilines is 1. The summed E-state index contributed by atoms with van der Waals surface area (Å²) in [4.78, 5) is 23.1. The number of hydrogen-bond donors (Lipinski definition) is 1. The lowest BCUT2D eigenvalue weighted by atomic mass is 10.2. The van der Waals surface area contributed by atoms with Gasteiger partial charge in [-0.25, -0.2) is 9.59 Å². The van der Waals surface area contributed by atoms with Gasteiger partial charge in [0.05, 0.1) is 35.9 Å². The van der Waals surface area contributed by atoms with Gasteiger partial charge in [-0.1, -0.05) is 23.2 Å². The third kappa shape index (κ3) is 6.04. The molecule has 0 atom stereocenters. The third-order valence-corrected chi connectivity index (χ3v) is 4.11. The molecule has 0 aliphatic carbocycles. The number of rotatable bonds is 6. The minimum Gasteiger partial charge on any atom is -0.466 e. The first-order valence-electron chi connectivity index (χ1n) is 8.04. The normalized spacial score (nSPS) is 11.6. The van der Waals surface area contributed by atoms with Crippen molar-refractivity contribution < 1.29 is 37.0 Å². The second-order valence-electron chi connectivity index (χ2n) is 5.59. The second kappa shape index (κ2) is 9.73. The SMILES string of the molecule is COC(=O)/C=C(/Nc1ccc(Oc2c(Cl)cc(C(F)(F)F)cc2Cl)cc1)C(=O)OC. The molecular weight excluding hydrogens is 450 g/mol. The summed E-state index contributed by atoms with van der Waals surface area (Å²) in [6.45, 7) is 0. The summed E-state index contributed by atoms with van der Waals surface area (Å²) in [7, 11) is 2.29. The maximum atomic E-state index is 12.8. The lowest BCUT2D eigenvalue weighted by molar-refractivity contribution is -0.138. The van der Waals surface area contributed by atoms with Crippen molar-refractivity contribution in [2.75, 3.05) is 19.5 Å². The molecule has 0 aliphatic rings. The first kappa shape index (κ1) is 23.4. The van der Waals surface area contributed by atoms with Crippen LogP contribution in [0.15, 0.2) is 48.2 Å². The quantitative estimate of drug-likeness (QED) is 0.453. The van der Waals surface area contributed by atoms with Crippen LogP contribution in [0.2, 0.25) is 10.0 Å². The monoisotopic (exact) mass is 463 g/mol. The van der Waals surface area contributed by atoms with Gasteiger partial charge in [-0.15, -0.1) is 0 Å². The summed E-state index contributed by atoms with van der Waals surface area (Å²) >= 11 is 11.8. The van der Waals surface area contributed by atoms with Gasteiger partial charge in [0.2, 0.25) is 0 Å². The molecule has 11 heteroatoms. The van der Waals surface area contributed by atoms with E-state index in [4.69, 9.17) is 27.9 Å². The number of carbonyl (C=O) groups is 2. The predicted molar refractivity (Wildman–Crippen MR) is 104 cm³/mol. The van der Waals surface area contributed by atoms with Gasteiger partial charge in [0.25, 0.3) is 0 Å². The zero-order valence-corrected chi connectivity index (χ0v) is 17.0. The standard InChI is InChI=1S/C19H14Cl2F3NO5/c1-28-16(26)9-15(18(27)29-2)25-11-3-5-12(6-4-11)30-17-13(20)7-10(8-14(17)21)19(22,23)24/h3-9,25H,1-2H3/b15-9+. The Morgan fingerprint density at radius 3 is 2.03 bits per heavy atom. The molecule has 1 N–H and O–H groups in total. The van der Waals surface area contributed by atoms with E-state index in [9.17, 15) is 22.8 Å². The van der Waals surface area contributed by atoms with E-state index in [1.54, 1.807) is 0 Å². The maximum absolute atomic E-state index is 12.8. The Kier molecular flexibility index (Phi) is 7.58. The highest BCUT2D eigenvalue weighted by molar-refractivity contribution is 6.37. The Bertz CT molecular complexity index is 952. The molecule has 6 nitrogen and oxygen atoms in total. The van der Waals surface area contributed by atoms with Crippen LogP contribution < -0.4 is 10.1 Å². The first-order valence-corrected chi connectivity index (χ1v) is 8.80. The van der Waals surface area contributed by atoms with Gasteiger partial charge in [0.1, 0.15) is 11.4 Å². The van der Waals surface area contributed by atoms with E-state index in [1.165, 1.54) is 24.3 Å². The van der Waals surface area contributed by atoms with Crippen LogP contribution in [0.5, 0.6) is 11.5 Å². The van der Waals surface area contributed by atoms with Crippen molar-refractivity contribution >= 4 is 40.8 Å². The van der Waals surface area contributed by atoms with E-state index >= 15 is 0 Å². The van der Waals surface area contributed by atoms with E-state index in [0.717, 1.165) is 20.3 Å². The van der Waals surface area contributed by atoms with Gasteiger partial charge in [0, 0.05) is 5.69 Å². The Morgan fingerprint density at radius 1 is 1.00 bits per heavy atom. The highest BCUT2D eigenvalue weighted by atomic mass is 35.5. The number of esters is 2. The largest absolute Gasteiger partial charge is 0.466 e. The number of alkyl halides is 3. The summed E-state index contributed by atoms with van der Waals surface area (Å²) < 4.78 is 53.0. The Labute approximate surface area is 179 Å². The molecule has 2 aromatic rings. The topological polar surface area (TPSA) is 73.9 Å². The van der Waals surface area contributed by atoms with E-state index in [1.807, 2.05) is 0 Å². The summed E-state index contributed by atoms with van der Waals surface area (Å²) in [5.41, 5.74) is -0.795. The summed E-state index contributed by atoms with van der Waals surface area (Å²) in [6.07, 6.45) is -3.69. The molecule has 30 heavy (non-hydrogen) atoms. The van der Waals surface area contributed by atoms with Crippen LogP contribution in [0.3, 0.4) is 0 Å². The van der Waals surface area contributed by atoms with Gasteiger partial charge in [-0.3, -0.25) is 0 Å². The van der Waals surface area contributed by atoms with Crippen LogP contribution >= 0.6 is 23.2 Å². The van der Waals surface area contributed by atoms with E-state index in [2.05, 4.69) is 14.8 Å². The summed E-state index contributed by atoms with van der Waals surface area (Å²) in [5, 5.41) is 2.06. The molecule has 0 radical (unpaired) electrons. The molecule has 0 bridgehead atoms. The number of methoxy groups -OCH3 is 2. The number of nitrogens with one attached hydrogen (secondary N) is 1. The van der Waals surface area contributed by atoms with Crippen LogP contribution in [0.1, 0.15) is 5.56 Å². The van der Waals surface area contributed by atoms with Crippen molar-refractivity contribution in [3.05, 3.63) is 63.8 Å². The average Bonchev–Trinajstić information content (AvgIpc) is 2.69. The highest BCUT2D eigenvalue weighted by Gasteiger charge is 2.32. The molecule has 0 saturated heterocycles. The molecular formula is C19H14Cl2F3NO5. The minimum absolute atomic E-state index is 0.145. The lowest BCUT2D eigenvalue weighted by Gasteiger charge is -2.14. The Hall–Kier alpha value is -2.91. The van der Waals surface area contributed by atoms with Crippen LogP contribution in [0.4, 0.5) is 18.9 Å². The maximum Gasteiger partial charge on any atom is 0.416 e. The van der Waals surface area contributed by atoms with Crippen molar-refractivity contribution in [2.45, 2.75) is 6.18 Å². The molecule has 2 aromatic carbocycles. The van der Waals surface area contributed by atoms with Crippen molar-refractivity contribution in [3.8, 4) is 11.5 Å². The summed E-state index contributed by atoms with van der Waals surface area (Å²) in [6, 6.07) is 7.27. The number of carbonyl (C=O) groups excluding carboxylic acids is 2. The molecule has 0 spiro atoms. The van der Waals surface area contributed by atoms with Crippen molar-refractivity contribution in [2.24, 2.45) is 0 Å². The van der Waals surface area contributed by atoms with Gasteiger partial charge in [0.15, 0.2) is 5.75 Å². The Morgan fingerprint density at radius 2 is 1.57 bits per heavy atom. The number of hydrogen-bond acceptors (Lipinski definition) is 6. The molecule has 0 fully saturated rings. The minimum atomic E-state index is -4.60. The van der Waals surface area contributed by atoms with Gasteiger partial charge < -0.3 is 19.5 Å². The molecule has 0 unspecified atom stereocenters. The molecule has 0 saturated carbocycles. The fourth-order valence-electron chi connectivity index (χ4n) is 2.13. The van der Waals surface area contributed by atoms with Crippen LogP contribution in [-0.2, 0) is 25.2 Å². The van der Waals surface area contributed by atoms with Crippen molar-refractivity contribution in [1.29, 1.82) is 0 Å². The van der Waals surface area contributed by atoms with Crippen LogP contribution in [0, 0.1) is 0 Å². The van der Waals surface area contributed by atoms with E-state index in [-0.39, 0.29) is 27.2 Å². The smallest absolute Gasteiger partial charge is 0.416 e. The number of ether oxygens (including phenoxy) is 3. The molecule has 0 aromatic heterocycles. The fourth-order valence-corrected chi connectivity index (χ4v) is 2.70. The highest BCUT2D eigenvalue weighted by Crippen LogP contribution is 2.41. The second-order valence-corrected chi connectivity index (χ2v) is 6.41.